The Morgan fingerprint density at radius 2 is 1.65 bits per heavy atom. The first-order valence-corrected chi connectivity index (χ1v) is 11.0. The van der Waals surface area contributed by atoms with Crippen molar-refractivity contribution in [1.29, 1.82) is 0 Å². The Labute approximate surface area is 183 Å². The fraction of sp³-hybridized carbons (Fsp3) is 0.440. The Morgan fingerprint density at radius 1 is 0.935 bits per heavy atom. The zero-order chi connectivity index (χ0) is 21.7. The molecule has 0 atom stereocenters. The van der Waals surface area contributed by atoms with Gasteiger partial charge in [-0.1, -0.05) is 42.5 Å². The molecule has 0 bridgehead atoms. The summed E-state index contributed by atoms with van der Waals surface area (Å²) in [6, 6.07) is 17.9. The number of carbonyl (C=O) groups excluding carboxylic acids is 2. The van der Waals surface area contributed by atoms with Crippen LogP contribution in [-0.4, -0.2) is 31.6 Å². The van der Waals surface area contributed by atoms with Crippen LogP contribution in [0, 0.1) is 11.3 Å². The molecule has 2 saturated carbocycles. The van der Waals surface area contributed by atoms with Crippen molar-refractivity contribution in [2.45, 2.75) is 44.7 Å². The van der Waals surface area contributed by atoms with Gasteiger partial charge in [-0.05, 0) is 60.8 Å². The summed E-state index contributed by atoms with van der Waals surface area (Å²) in [6.45, 7) is 1.17. The predicted molar refractivity (Wildman–Crippen MR) is 120 cm³/mol. The van der Waals surface area contributed by atoms with Crippen molar-refractivity contribution in [3.8, 4) is 5.75 Å². The van der Waals surface area contributed by atoms with Crippen molar-refractivity contribution in [1.82, 2.24) is 16.0 Å². The van der Waals surface area contributed by atoms with Crippen molar-refractivity contribution in [2.75, 3.05) is 13.7 Å². The van der Waals surface area contributed by atoms with E-state index in [1.54, 1.807) is 7.11 Å². The largest absolute Gasteiger partial charge is 0.497 e. The maximum atomic E-state index is 12.4. The number of hydrogen-bond acceptors (Lipinski definition) is 3. The van der Waals surface area contributed by atoms with E-state index < -0.39 is 0 Å². The number of benzene rings is 2. The van der Waals surface area contributed by atoms with E-state index >= 15 is 0 Å². The molecule has 164 valence electrons. The molecule has 0 heterocycles. The highest BCUT2D eigenvalue weighted by Crippen LogP contribution is 2.58. The first-order valence-electron chi connectivity index (χ1n) is 11.0. The summed E-state index contributed by atoms with van der Waals surface area (Å²) in [4.78, 5) is 24.5. The molecule has 6 heteroatoms. The second kappa shape index (κ2) is 9.41. The van der Waals surface area contributed by atoms with Gasteiger partial charge in [0.05, 0.1) is 7.11 Å². The summed E-state index contributed by atoms with van der Waals surface area (Å²) < 4.78 is 5.14. The molecular formula is C25H31N3O3. The van der Waals surface area contributed by atoms with Gasteiger partial charge in [0, 0.05) is 25.0 Å². The molecule has 2 fully saturated rings. The SMILES string of the molecule is COc1ccc(CNC(=O)NC2CC3(C2)CC(C(=O)NCCc2ccccc2)C3)cc1. The van der Waals surface area contributed by atoms with Crippen LogP contribution >= 0.6 is 0 Å². The summed E-state index contributed by atoms with van der Waals surface area (Å²) in [7, 11) is 1.63. The molecule has 2 aromatic carbocycles. The number of rotatable bonds is 8. The van der Waals surface area contributed by atoms with E-state index in [1.165, 1.54) is 5.56 Å². The summed E-state index contributed by atoms with van der Waals surface area (Å²) in [5.74, 6) is 1.10. The maximum absolute atomic E-state index is 12.4. The molecule has 0 saturated heterocycles. The molecule has 6 nitrogen and oxygen atoms in total. The average Bonchev–Trinajstić information content (AvgIpc) is 2.74. The van der Waals surface area contributed by atoms with Crippen molar-refractivity contribution < 1.29 is 14.3 Å². The van der Waals surface area contributed by atoms with E-state index in [0.717, 1.165) is 43.4 Å². The van der Waals surface area contributed by atoms with Gasteiger partial charge in [-0.15, -0.1) is 0 Å². The Bertz CT molecular complexity index is 884. The lowest BCUT2D eigenvalue weighted by Gasteiger charge is -2.57. The highest BCUT2D eigenvalue weighted by molar-refractivity contribution is 5.80. The molecule has 1 spiro atoms. The number of hydrogen-bond donors (Lipinski definition) is 3. The van der Waals surface area contributed by atoms with E-state index in [1.807, 2.05) is 42.5 Å². The fourth-order valence-electron chi connectivity index (χ4n) is 4.87. The molecule has 2 aromatic rings. The van der Waals surface area contributed by atoms with Crippen LogP contribution < -0.4 is 20.7 Å². The third kappa shape index (κ3) is 5.37. The van der Waals surface area contributed by atoms with Crippen LogP contribution in [0.15, 0.2) is 54.6 Å². The molecule has 0 aliphatic heterocycles. The Morgan fingerprint density at radius 3 is 2.32 bits per heavy atom. The molecule has 3 amide bonds. The molecule has 4 rings (SSSR count). The number of carbonyl (C=O) groups is 2. The molecule has 2 aliphatic rings. The van der Waals surface area contributed by atoms with Crippen molar-refractivity contribution in [3.63, 3.8) is 0 Å². The van der Waals surface area contributed by atoms with Crippen molar-refractivity contribution in [3.05, 3.63) is 65.7 Å². The van der Waals surface area contributed by atoms with Crippen LogP contribution in [0.4, 0.5) is 4.79 Å². The van der Waals surface area contributed by atoms with Crippen LogP contribution in [0.2, 0.25) is 0 Å². The van der Waals surface area contributed by atoms with Crippen LogP contribution in [0.25, 0.3) is 0 Å². The highest BCUT2D eigenvalue weighted by atomic mass is 16.5. The zero-order valence-electron chi connectivity index (χ0n) is 18.0. The van der Waals surface area contributed by atoms with Crippen molar-refractivity contribution in [2.24, 2.45) is 11.3 Å². The lowest BCUT2D eigenvalue weighted by Crippen LogP contribution is -2.59. The second-order valence-electron chi connectivity index (χ2n) is 8.91. The zero-order valence-corrected chi connectivity index (χ0v) is 18.0. The van der Waals surface area contributed by atoms with Gasteiger partial charge in [-0.2, -0.15) is 0 Å². The Balaban J connectivity index is 1.09. The van der Waals surface area contributed by atoms with Crippen LogP contribution in [0.1, 0.15) is 36.8 Å². The third-order valence-corrected chi connectivity index (χ3v) is 6.59. The number of methoxy groups -OCH3 is 1. The quantitative estimate of drug-likeness (QED) is 0.611. The second-order valence-corrected chi connectivity index (χ2v) is 8.91. The van der Waals surface area contributed by atoms with E-state index in [-0.39, 0.29) is 29.3 Å². The Kier molecular flexibility index (Phi) is 6.44. The Hall–Kier alpha value is -3.02. The number of amides is 3. The predicted octanol–water partition coefficient (Wildman–Crippen LogP) is 3.41. The lowest BCUT2D eigenvalue weighted by atomic mass is 9.50. The molecule has 31 heavy (non-hydrogen) atoms. The molecule has 0 radical (unpaired) electrons. The smallest absolute Gasteiger partial charge is 0.315 e. The highest BCUT2D eigenvalue weighted by Gasteiger charge is 2.54. The normalized spacial score (nSPS) is 23.9. The lowest BCUT2D eigenvalue weighted by molar-refractivity contribution is -0.138. The van der Waals surface area contributed by atoms with Gasteiger partial charge in [0.25, 0.3) is 0 Å². The van der Waals surface area contributed by atoms with Gasteiger partial charge >= 0.3 is 6.03 Å². The molecular weight excluding hydrogens is 390 g/mol. The minimum absolute atomic E-state index is 0.126. The first-order chi connectivity index (χ1) is 15.0. The number of ether oxygens (including phenoxy) is 1. The average molecular weight is 422 g/mol. The summed E-state index contributed by atoms with van der Waals surface area (Å²) in [5, 5.41) is 9.04. The monoisotopic (exact) mass is 421 g/mol. The molecule has 0 aromatic heterocycles. The maximum Gasteiger partial charge on any atom is 0.315 e. The third-order valence-electron chi connectivity index (χ3n) is 6.59. The van der Waals surface area contributed by atoms with Gasteiger partial charge < -0.3 is 20.7 Å². The van der Waals surface area contributed by atoms with Crippen LogP contribution in [-0.2, 0) is 17.8 Å². The minimum atomic E-state index is -0.134. The van der Waals surface area contributed by atoms with Crippen molar-refractivity contribution >= 4 is 11.9 Å². The minimum Gasteiger partial charge on any atom is -0.497 e. The van der Waals surface area contributed by atoms with E-state index in [0.29, 0.717) is 13.1 Å². The summed E-state index contributed by atoms with van der Waals surface area (Å²) in [5.41, 5.74) is 2.53. The van der Waals surface area contributed by atoms with Gasteiger partial charge in [0.1, 0.15) is 5.75 Å². The van der Waals surface area contributed by atoms with E-state index in [4.69, 9.17) is 4.74 Å². The molecule has 0 unspecified atom stereocenters. The number of nitrogens with one attached hydrogen (secondary N) is 3. The first kappa shape index (κ1) is 21.2. The van der Waals surface area contributed by atoms with Crippen LogP contribution in [0.3, 0.4) is 0 Å². The molecule has 2 aliphatic carbocycles. The van der Waals surface area contributed by atoms with Gasteiger partial charge in [-0.3, -0.25) is 4.79 Å². The molecule has 3 N–H and O–H groups in total. The summed E-state index contributed by atoms with van der Waals surface area (Å²) >= 11 is 0. The standard InChI is InChI=1S/C25H31N3O3/c1-31-22-9-7-19(8-10-22)17-27-24(30)28-21-15-25(16-21)13-20(14-25)23(29)26-12-11-18-5-3-2-4-6-18/h2-10,20-21H,11-17H2,1H3,(H,26,29)(H2,27,28,30). The number of urea groups is 1. The van der Waals surface area contributed by atoms with Crippen LogP contribution in [0.5, 0.6) is 5.75 Å². The fourth-order valence-corrected chi connectivity index (χ4v) is 4.87. The van der Waals surface area contributed by atoms with E-state index in [9.17, 15) is 9.59 Å². The van der Waals surface area contributed by atoms with E-state index in [2.05, 4.69) is 28.1 Å². The van der Waals surface area contributed by atoms with Gasteiger partial charge in [-0.25, -0.2) is 4.79 Å². The van der Waals surface area contributed by atoms with Gasteiger partial charge in [0.2, 0.25) is 5.91 Å². The summed E-state index contributed by atoms with van der Waals surface area (Å²) in [6.07, 6.45) is 4.68. The topological polar surface area (TPSA) is 79.5 Å². The van der Waals surface area contributed by atoms with Gasteiger partial charge in [0.15, 0.2) is 0 Å².